The van der Waals surface area contributed by atoms with Gasteiger partial charge in [0.25, 0.3) is 0 Å². The first-order valence-corrected chi connectivity index (χ1v) is 10.8. The van der Waals surface area contributed by atoms with Gasteiger partial charge in [-0.2, -0.15) is 0 Å². The summed E-state index contributed by atoms with van der Waals surface area (Å²) >= 11 is 0. The third kappa shape index (κ3) is 4.52. The summed E-state index contributed by atoms with van der Waals surface area (Å²) in [6, 6.07) is 8.05. The summed E-state index contributed by atoms with van der Waals surface area (Å²) < 4.78 is 0. The van der Waals surface area contributed by atoms with Gasteiger partial charge in [-0.1, -0.05) is 12.1 Å². The molecular weight excluding hydrogens is 444 g/mol. The fourth-order valence-corrected chi connectivity index (χ4v) is 4.47. The fraction of sp³-hybridized carbons (Fsp3) is 0.333. The van der Waals surface area contributed by atoms with Crippen molar-refractivity contribution in [1.82, 2.24) is 9.80 Å². The summed E-state index contributed by atoms with van der Waals surface area (Å²) in [6.45, 7) is -0.241. The molecule has 10 nitrogen and oxygen atoms in total. The van der Waals surface area contributed by atoms with Crippen LogP contribution in [0, 0.1) is 11.8 Å². The van der Waals surface area contributed by atoms with Gasteiger partial charge in [-0.3, -0.25) is 29.0 Å². The van der Waals surface area contributed by atoms with Crippen molar-refractivity contribution in [3.63, 3.8) is 0 Å². The summed E-state index contributed by atoms with van der Waals surface area (Å²) in [4.78, 5) is 52.5. The van der Waals surface area contributed by atoms with Gasteiger partial charge in [0.15, 0.2) is 0 Å². The van der Waals surface area contributed by atoms with Gasteiger partial charge in [-0.15, -0.1) is 0 Å². The summed E-state index contributed by atoms with van der Waals surface area (Å²) in [5.74, 6) is -3.65. The Morgan fingerprint density at radius 3 is 1.38 bits per heavy atom. The number of benzene rings is 2. The molecule has 2 aliphatic heterocycles. The van der Waals surface area contributed by atoms with E-state index in [1.165, 1.54) is 24.3 Å². The lowest BCUT2D eigenvalue weighted by Crippen LogP contribution is -2.41. The number of nitrogens with zero attached hydrogens (tertiary/aromatic N) is 2. The third-order valence-electron chi connectivity index (χ3n) is 6.29. The maximum Gasteiger partial charge on any atom is 0.233 e. The van der Waals surface area contributed by atoms with Gasteiger partial charge < -0.3 is 20.4 Å². The van der Waals surface area contributed by atoms with Crippen molar-refractivity contribution >= 4 is 23.6 Å². The number of imide groups is 2. The van der Waals surface area contributed by atoms with E-state index in [-0.39, 0.29) is 61.8 Å². The summed E-state index contributed by atoms with van der Waals surface area (Å²) in [6.07, 6.45) is 0.132. The van der Waals surface area contributed by atoms with Crippen molar-refractivity contribution < 1.29 is 39.6 Å². The number of phenolic OH excluding ortho intramolecular Hbond substituents is 4. The van der Waals surface area contributed by atoms with Crippen LogP contribution in [0.15, 0.2) is 36.4 Å². The van der Waals surface area contributed by atoms with Crippen LogP contribution in [-0.2, 0) is 32.0 Å². The maximum atomic E-state index is 12.8. The molecule has 10 heteroatoms. The minimum Gasteiger partial charge on any atom is -0.508 e. The number of hydrogen-bond donors (Lipinski definition) is 4. The van der Waals surface area contributed by atoms with E-state index in [1.54, 1.807) is 0 Å². The van der Waals surface area contributed by atoms with E-state index in [0.29, 0.717) is 11.1 Å². The zero-order valence-corrected chi connectivity index (χ0v) is 18.2. The molecule has 2 aromatic carbocycles. The summed E-state index contributed by atoms with van der Waals surface area (Å²) in [5, 5.41) is 38.7. The first-order chi connectivity index (χ1) is 16.1. The molecule has 0 spiro atoms. The smallest absolute Gasteiger partial charge is 0.233 e. The number of amides is 4. The topological polar surface area (TPSA) is 156 Å². The van der Waals surface area contributed by atoms with Crippen LogP contribution in [0.25, 0.3) is 0 Å². The first kappa shape index (κ1) is 23.1. The number of carbonyl (C=O) groups is 4. The van der Waals surface area contributed by atoms with E-state index in [4.69, 9.17) is 0 Å². The van der Waals surface area contributed by atoms with Crippen molar-refractivity contribution in [3.05, 3.63) is 47.5 Å². The van der Waals surface area contributed by atoms with Crippen LogP contribution in [0.4, 0.5) is 0 Å². The predicted molar refractivity (Wildman–Crippen MR) is 117 cm³/mol. The van der Waals surface area contributed by atoms with Crippen molar-refractivity contribution in [2.45, 2.75) is 25.7 Å². The molecule has 2 atom stereocenters. The number of phenols is 4. The zero-order valence-electron chi connectivity index (χ0n) is 18.2. The summed E-state index contributed by atoms with van der Waals surface area (Å²) in [7, 11) is 0. The molecule has 178 valence electrons. The standard InChI is InChI=1S/C24H24N2O8/c27-17-3-1-13(19(29)11-17)7-15-9-21(31)25(23(15)33)5-6-26-22(32)10-16(24(26)34)8-14-2-4-18(28)12-20(14)30/h1-4,11-12,15-16,27-30H,5-10H2. The average Bonchev–Trinajstić information content (AvgIpc) is 3.19. The average molecular weight is 468 g/mol. The number of aromatic hydroxyl groups is 4. The van der Waals surface area contributed by atoms with E-state index in [2.05, 4.69) is 0 Å². The van der Waals surface area contributed by atoms with Crippen molar-refractivity contribution in [2.24, 2.45) is 11.8 Å². The molecule has 2 unspecified atom stereocenters. The molecule has 34 heavy (non-hydrogen) atoms. The Morgan fingerprint density at radius 1 is 0.647 bits per heavy atom. The van der Waals surface area contributed by atoms with Gasteiger partial charge >= 0.3 is 0 Å². The Labute approximate surface area is 194 Å². The molecule has 0 radical (unpaired) electrons. The highest BCUT2D eigenvalue weighted by Gasteiger charge is 2.42. The minimum atomic E-state index is -0.682. The Bertz CT molecular complexity index is 1090. The van der Waals surface area contributed by atoms with Crippen LogP contribution in [0.3, 0.4) is 0 Å². The monoisotopic (exact) mass is 468 g/mol. The number of carbonyl (C=O) groups excluding carboxylic acids is 4. The maximum absolute atomic E-state index is 12.8. The largest absolute Gasteiger partial charge is 0.508 e. The second-order valence-corrected chi connectivity index (χ2v) is 8.60. The number of rotatable bonds is 7. The molecule has 0 aromatic heterocycles. The van der Waals surface area contributed by atoms with Gasteiger partial charge in [-0.05, 0) is 36.1 Å². The molecule has 4 N–H and O–H groups in total. The Hall–Kier alpha value is -4.08. The van der Waals surface area contributed by atoms with Crippen LogP contribution >= 0.6 is 0 Å². The quantitative estimate of drug-likeness (QED) is 0.439. The summed E-state index contributed by atoms with van der Waals surface area (Å²) in [5.41, 5.74) is 0.854. The lowest BCUT2D eigenvalue weighted by molar-refractivity contribution is -0.144. The zero-order chi connectivity index (χ0) is 24.6. The molecule has 4 amide bonds. The van der Waals surface area contributed by atoms with Crippen LogP contribution in [0.2, 0.25) is 0 Å². The molecule has 2 aromatic rings. The minimum absolute atomic E-state index is 0.0518. The molecule has 2 saturated heterocycles. The van der Waals surface area contributed by atoms with Gasteiger partial charge in [0.05, 0.1) is 11.8 Å². The lowest BCUT2D eigenvalue weighted by Gasteiger charge is -2.20. The van der Waals surface area contributed by atoms with E-state index in [9.17, 15) is 39.6 Å². The fourth-order valence-electron chi connectivity index (χ4n) is 4.47. The molecule has 4 rings (SSSR count). The number of hydrogen-bond acceptors (Lipinski definition) is 8. The van der Waals surface area contributed by atoms with Gasteiger partial charge in [0, 0.05) is 38.1 Å². The van der Waals surface area contributed by atoms with Crippen LogP contribution in [0.1, 0.15) is 24.0 Å². The molecule has 2 aliphatic rings. The van der Waals surface area contributed by atoms with Crippen LogP contribution < -0.4 is 0 Å². The molecule has 0 bridgehead atoms. The van der Waals surface area contributed by atoms with Gasteiger partial charge in [0.1, 0.15) is 23.0 Å². The van der Waals surface area contributed by atoms with E-state index < -0.39 is 35.5 Å². The highest BCUT2D eigenvalue weighted by molar-refractivity contribution is 6.05. The second-order valence-electron chi connectivity index (χ2n) is 8.60. The predicted octanol–water partition coefficient (Wildman–Crippen LogP) is 1.04. The number of likely N-dealkylation sites (tertiary alicyclic amines) is 2. The SMILES string of the molecule is O=C1CC(Cc2ccc(O)cc2O)C(=O)N1CCN1C(=O)CC(Cc2ccc(O)cc2O)C1=O. The van der Waals surface area contributed by atoms with Crippen molar-refractivity contribution in [3.8, 4) is 23.0 Å². The first-order valence-electron chi connectivity index (χ1n) is 10.8. The van der Waals surface area contributed by atoms with Gasteiger partial charge in [0.2, 0.25) is 23.6 Å². The van der Waals surface area contributed by atoms with Crippen molar-refractivity contribution in [1.29, 1.82) is 0 Å². The van der Waals surface area contributed by atoms with E-state index in [1.807, 2.05) is 0 Å². The molecule has 2 fully saturated rings. The molecule has 2 heterocycles. The lowest BCUT2D eigenvalue weighted by atomic mass is 9.97. The van der Waals surface area contributed by atoms with Crippen LogP contribution in [0.5, 0.6) is 23.0 Å². The van der Waals surface area contributed by atoms with E-state index >= 15 is 0 Å². The Morgan fingerprint density at radius 2 is 1.03 bits per heavy atom. The Balaban J connectivity index is 1.36. The second kappa shape index (κ2) is 9.05. The molecule has 0 aliphatic carbocycles. The van der Waals surface area contributed by atoms with Crippen LogP contribution in [-0.4, -0.2) is 66.9 Å². The van der Waals surface area contributed by atoms with Gasteiger partial charge in [-0.25, -0.2) is 0 Å². The highest BCUT2D eigenvalue weighted by Crippen LogP contribution is 2.31. The highest BCUT2D eigenvalue weighted by atomic mass is 16.3. The van der Waals surface area contributed by atoms with E-state index in [0.717, 1.165) is 21.9 Å². The Kier molecular flexibility index (Phi) is 6.14. The molecular formula is C24H24N2O8. The molecule has 0 saturated carbocycles. The van der Waals surface area contributed by atoms with Crippen molar-refractivity contribution in [2.75, 3.05) is 13.1 Å². The normalized spacial score (nSPS) is 20.6. The third-order valence-corrected chi connectivity index (χ3v) is 6.29.